The molecule has 0 aromatic rings. The number of nitrogens with one attached hydrogen (secondary N) is 1. The van der Waals surface area contributed by atoms with E-state index in [2.05, 4.69) is 0 Å². The summed E-state index contributed by atoms with van der Waals surface area (Å²) in [5, 5.41) is 0.398. The second-order valence-corrected chi connectivity index (χ2v) is 7.89. The quantitative estimate of drug-likeness (QED) is 0.814. The fourth-order valence-corrected chi connectivity index (χ4v) is 4.37. The number of halogens is 3. The lowest BCUT2D eigenvalue weighted by atomic mass is 10.3. The highest BCUT2D eigenvalue weighted by Crippen LogP contribution is 2.32. The fourth-order valence-electron chi connectivity index (χ4n) is 2.11. The molecule has 9 heteroatoms. The first-order chi connectivity index (χ1) is 8.65. The van der Waals surface area contributed by atoms with E-state index in [0.717, 1.165) is 16.5 Å². The molecular formula is C10H19F3N2O2S2. The summed E-state index contributed by atoms with van der Waals surface area (Å²) in [5.74, 6) is 0.959. The Bertz CT molecular complexity index is 387. The number of alkyl halides is 3. The molecular weight excluding hydrogens is 301 g/mol. The lowest BCUT2D eigenvalue weighted by Gasteiger charge is -2.24. The van der Waals surface area contributed by atoms with Gasteiger partial charge in [0.2, 0.25) is 0 Å². The van der Waals surface area contributed by atoms with E-state index in [4.69, 9.17) is 0 Å². The molecule has 1 fully saturated rings. The van der Waals surface area contributed by atoms with Crippen molar-refractivity contribution < 1.29 is 21.6 Å². The predicted molar refractivity (Wildman–Crippen MR) is 70.3 cm³/mol. The summed E-state index contributed by atoms with van der Waals surface area (Å²) < 4.78 is 62.2. The van der Waals surface area contributed by atoms with Gasteiger partial charge in [-0.1, -0.05) is 6.92 Å². The Morgan fingerprint density at radius 2 is 2.00 bits per heavy atom. The van der Waals surface area contributed by atoms with E-state index < -0.39 is 22.9 Å². The highest BCUT2D eigenvalue weighted by Gasteiger charge is 2.36. The van der Waals surface area contributed by atoms with Crippen LogP contribution < -0.4 is 4.72 Å². The van der Waals surface area contributed by atoms with Crippen molar-refractivity contribution in [2.45, 2.75) is 43.7 Å². The average molecular weight is 320 g/mol. The molecule has 2 unspecified atom stereocenters. The van der Waals surface area contributed by atoms with Crippen LogP contribution in [0.1, 0.15) is 26.2 Å². The van der Waals surface area contributed by atoms with Crippen LogP contribution in [0, 0.1) is 0 Å². The number of hydrogen-bond acceptors (Lipinski definition) is 3. The Morgan fingerprint density at radius 1 is 1.37 bits per heavy atom. The Balaban J connectivity index is 2.54. The number of nitrogens with zero attached hydrogens (tertiary/aromatic N) is 1. The summed E-state index contributed by atoms with van der Waals surface area (Å²) in [4.78, 5) is 0. The molecule has 1 aliphatic rings. The lowest BCUT2D eigenvalue weighted by Crippen LogP contribution is -2.46. The Kier molecular flexibility index (Phi) is 5.96. The Hall–Kier alpha value is 0.01000. The largest absolute Gasteiger partial charge is 0.402 e. The van der Waals surface area contributed by atoms with Gasteiger partial charge in [-0.3, -0.25) is 0 Å². The molecule has 2 atom stereocenters. The van der Waals surface area contributed by atoms with Gasteiger partial charge in [-0.05, 0) is 25.0 Å². The van der Waals surface area contributed by atoms with E-state index >= 15 is 0 Å². The third kappa shape index (κ3) is 5.49. The van der Waals surface area contributed by atoms with E-state index in [-0.39, 0.29) is 6.04 Å². The zero-order chi connectivity index (χ0) is 14.7. The van der Waals surface area contributed by atoms with Gasteiger partial charge in [0.15, 0.2) is 0 Å². The van der Waals surface area contributed by atoms with E-state index in [1.54, 1.807) is 16.5 Å². The molecule has 1 aliphatic carbocycles. The van der Waals surface area contributed by atoms with E-state index in [1.807, 2.05) is 6.92 Å². The highest BCUT2D eigenvalue weighted by molar-refractivity contribution is 7.99. The highest BCUT2D eigenvalue weighted by atomic mass is 32.2. The predicted octanol–water partition coefficient (Wildman–Crippen LogP) is 1.99. The Labute approximate surface area is 116 Å². The molecule has 0 radical (unpaired) electrons. The normalized spacial score (nSPS) is 25.2. The van der Waals surface area contributed by atoms with Crippen molar-refractivity contribution in [3.05, 3.63) is 0 Å². The van der Waals surface area contributed by atoms with Crippen LogP contribution in [0.2, 0.25) is 0 Å². The van der Waals surface area contributed by atoms with E-state index in [9.17, 15) is 21.6 Å². The van der Waals surface area contributed by atoms with Crippen LogP contribution in [-0.4, -0.2) is 49.5 Å². The van der Waals surface area contributed by atoms with Crippen molar-refractivity contribution >= 4 is 22.0 Å². The molecule has 0 aromatic carbocycles. The molecule has 19 heavy (non-hydrogen) atoms. The molecule has 4 nitrogen and oxygen atoms in total. The van der Waals surface area contributed by atoms with Crippen molar-refractivity contribution in [2.24, 2.45) is 0 Å². The molecule has 0 bridgehead atoms. The molecule has 114 valence electrons. The van der Waals surface area contributed by atoms with Crippen LogP contribution in [0.25, 0.3) is 0 Å². The maximum atomic E-state index is 12.0. The standard InChI is InChI=1S/C10H19F3N2O2S2/c1-3-18-9-5-4-8(6-9)15(2)19(16,17)14-7-10(11,12)13/h8-9,14H,3-7H2,1-2H3. The van der Waals surface area contributed by atoms with E-state index in [1.165, 1.54) is 7.05 Å². The van der Waals surface area contributed by atoms with Crippen LogP contribution in [0.4, 0.5) is 13.2 Å². The summed E-state index contributed by atoms with van der Waals surface area (Å²) >= 11 is 1.77. The number of rotatable bonds is 6. The molecule has 0 aromatic heterocycles. The number of hydrogen-bond donors (Lipinski definition) is 1. The third-order valence-corrected chi connectivity index (χ3v) is 5.91. The van der Waals surface area contributed by atoms with Crippen LogP contribution in [0.3, 0.4) is 0 Å². The van der Waals surface area contributed by atoms with Crippen LogP contribution in [0.5, 0.6) is 0 Å². The van der Waals surface area contributed by atoms with Gasteiger partial charge in [0.05, 0.1) is 0 Å². The molecule has 1 rings (SSSR count). The number of thioether (sulfide) groups is 1. The molecule has 0 heterocycles. The first kappa shape index (κ1) is 17.1. The minimum absolute atomic E-state index is 0.213. The van der Waals surface area contributed by atoms with Crippen molar-refractivity contribution in [1.29, 1.82) is 0 Å². The molecule has 1 N–H and O–H groups in total. The van der Waals surface area contributed by atoms with Gasteiger partial charge in [-0.2, -0.15) is 42.4 Å². The summed E-state index contributed by atoms with van der Waals surface area (Å²) in [6, 6.07) is -0.213. The van der Waals surface area contributed by atoms with Crippen molar-refractivity contribution in [3.63, 3.8) is 0 Å². The maximum absolute atomic E-state index is 12.0. The van der Waals surface area contributed by atoms with Gasteiger partial charge < -0.3 is 0 Å². The fraction of sp³-hybridized carbons (Fsp3) is 1.00. The van der Waals surface area contributed by atoms with Gasteiger partial charge in [0.1, 0.15) is 6.54 Å². The molecule has 0 amide bonds. The van der Waals surface area contributed by atoms with Gasteiger partial charge >= 0.3 is 6.18 Å². The topological polar surface area (TPSA) is 49.4 Å². The van der Waals surface area contributed by atoms with Gasteiger partial charge in [-0.15, -0.1) is 0 Å². The van der Waals surface area contributed by atoms with Gasteiger partial charge in [0, 0.05) is 18.3 Å². The second-order valence-electron chi connectivity index (χ2n) is 4.50. The first-order valence-electron chi connectivity index (χ1n) is 6.06. The summed E-state index contributed by atoms with van der Waals surface area (Å²) in [5.41, 5.74) is 0. The zero-order valence-electron chi connectivity index (χ0n) is 10.9. The zero-order valence-corrected chi connectivity index (χ0v) is 12.5. The smallest absolute Gasteiger partial charge is 0.195 e. The van der Waals surface area contributed by atoms with Crippen molar-refractivity contribution in [3.8, 4) is 0 Å². The second kappa shape index (κ2) is 6.64. The van der Waals surface area contributed by atoms with Crippen LogP contribution >= 0.6 is 11.8 Å². The summed E-state index contributed by atoms with van der Waals surface area (Å²) in [7, 11) is -2.73. The van der Waals surface area contributed by atoms with Crippen LogP contribution in [0.15, 0.2) is 0 Å². The molecule has 0 saturated heterocycles. The molecule has 0 aliphatic heterocycles. The minimum Gasteiger partial charge on any atom is -0.195 e. The van der Waals surface area contributed by atoms with Crippen molar-refractivity contribution in [1.82, 2.24) is 9.03 Å². The first-order valence-corrected chi connectivity index (χ1v) is 8.55. The maximum Gasteiger partial charge on any atom is 0.402 e. The van der Waals surface area contributed by atoms with Crippen LogP contribution in [-0.2, 0) is 10.2 Å². The molecule has 0 spiro atoms. The van der Waals surface area contributed by atoms with E-state index in [0.29, 0.717) is 18.1 Å². The molecule has 1 saturated carbocycles. The third-order valence-electron chi connectivity index (χ3n) is 3.11. The van der Waals surface area contributed by atoms with Gasteiger partial charge in [0.25, 0.3) is 10.2 Å². The SMILES string of the molecule is CCSC1CCC(N(C)S(=O)(=O)NCC(F)(F)F)C1. The van der Waals surface area contributed by atoms with Gasteiger partial charge in [-0.25, -0.2) is 0 Å². The summed E-state index contributed by atoms with van der Waals surface area (Å²) in [6.45, 7) is 0.503. The monoisotopic (exact) mass is 320 g/mol. The average Bonchev–Trinajstić information content (AvgIpc) is 2.74. The summed E-state index contributed by atoms with van der Waals surface area (Å²) in [6.07, 6.45) is -2.24. The lowest BCUT2D eigenvalue weighted by molar-refractivity contribution is -0.121. The van der Waals surface area contributed by atoms with Crippen molar-refractivity contribution in [2.75, 3.05) is 19.3 Å². The minimum atomic E-state index is -4.54. The Morgan fingerprint density at radius 3 is 2.53 bits per heavy atom.